The molecule has 34 heavy (non-hydrogen) atoms. The maximum absolute atomic E-state index is 13.0. The first-order valence-corrected chi connectivity index (χ1v) is 11.4. The van der Waals surface area contributed by atoms with Gasteiger partial charge in [-0.05, 0) is 54.8 Å². The number of anilines is 1. The minimum Gasteiger partial charge on any atom is -0.505 e. The quantitative estimate of drug-likeness (QED) is 0.200. The van der Waals surface area contributed by atoms with Crippen molar-refractivity contribution in [2.75, 3.05) is 11.9 Å². The van der Waals surface area contributed by atoms with Gasteiger partial charge in [-0.25, -0.2) is 0 Å². The summed E-state index contributed by atoms with van der Waals surface area (Å²) in [6.45, 7) is 2.43. The van der Waals surface area contributed by atoms with E-state index in [1.807, 2.05) is 19.1 Å². The van der Waals surface area contributed by atoms with E-state index in [1.165, 1.54) is 12.1 Å². The molecule has 0 saturated carbocycles. The summed E-state index contributed by atoms with van der Waals surface area (Å²) in [4.78, 5) is 13.0. The number of azo groups is 1. The van der Waals surface area contributed by atoms with E-state index in [2.05, 4.69) is 15.5 Å². The number of halogens is 3. The molecule has 0 unspecified atom stereocenters. The second kappa shape index (κ2) is 10.3. The van der Waals surface area contributed by atoms with Crippen LogP contribution in [-0.4, -0.2) is 17.6 Å². The van der Waals surface area contributed by atoms with Crippen molar-refractivity contribution in [3.05, 3.63) is 87.4 Å². The van der Waals surface area contributed by atoms with Crippen molar-refractivity contribution in [3.63, 3.8) is 0 Å². The lowest BCUT2D eigenvalue weighted by molar-refractivity contribution is 0.102. The first kappa shape index (κ1) is 23.8. The van der Waals surface area contributed by atoms with Crippen molar-refractivity contribution < 1.29 is 14.6 Å². The van der Waals surface area contributed by atoms with E-state index in [0.717, 1.165) is 0 Å². The van der Waals surface area contributed by atoms with Crippen LogP contribution in [0.4, 0.5) is 17.1 Å². The van der Waals surface area contributed by atoms with E-state index in [4.69, 9.17) is 39.5 Å². The second-order valence-electron chi connectivity index (χ2n) is 7.17. The largest absolute Gasteiger partial charge is 0.505 e. The highest BCUT2D eigenvalue weighted by Crippen LogP contribution is 2.41. The Morgan fingerprint density at radius 1 is 0.941 bits per heavy atom. The molecule has 1 amide bonds. The zero-order chi connectivity index (χ0) is 24.2. The Morgan fingerprint density at radius 2 is 1.65 bits per heavy atom. The number of rotatable bonds is 6. The minimum absolute atomic E-state index is 0.0433. The Labute approximate surface area is 210 Å². The molecule has 0 fully saturated rings. The number of carbonyl (C=O) groups excluding carboxylic acids is 1. The number of aromatic hydroxyl groups is 1. The molecule has 2 N–H and O–H groups in total. The van der Waals surface area contributed by atoms with Gasteiger partial charge in [0.15, 0.2) is 5.75 Å². The second-order valence-corrected chi connectivity index (χ2v) is 8.39. The van der Waals surface area contributed by atoms with Crippen LogP contribution < -0.4 is 10.1 Å². The molecule has 4 aromatic carbocycles. The van der Waals surface area contributed by atoms with Crippen LogP contribution in [0.25, 0.3) is 10.8 Å². The van der Waals surface area contributed by atoms with E-state index in [9.17, 15) is 9.90 Å². The maximum atomic E-state index is 13.0. The van der Waals surface area contributed by atoms with Gasteiger partial charge in [-0.3, -0.25) is 4.79 Å². The Bertz CT molecular complexity index is 1410. The number of hydrogen-bond donors (Lipinski definition) is 2. The third-order valence-corrected chi connectivity index (χ3v) is 5.94. The van der Waals surface area contributed by atoms with Crippen LogP contribution in [0.3, 0.4) is 0 Å². The zero-order valence-electron chi connectivity index (χ0n) is 17.8. The fourth-order valence-corrected chi connectivity index (χ4v) is 3.86. The predicted octanol–water partition coefficient (Wildman–Crippen LogP) is 8.57. The smallest absolute Gasteiger partial charge is 0.259 e. The number of fused-ring (bicyclic) bond motifs is 1. The Hall–Kier alpha value is -3.32. The zero-order valence-corrected chi connectivity index (χ0v) is 20.1. The number of phenols is 1. The fourth-order valence-electron chi connectivity index (χ4n) is 3.28. The molecule has 0 heterocycles. The Balaban J connectivity index is 1.72. The van der Waals surface area contributed by atoms with Gasteiger partial charge in [-0.15, -0.1) is 10.2 Å². The molecule has 0 aliphatic rings. The molecule has 172 valence electrons. The molecule has 6 nitrogen and oxygen atoms in total. The number of nitrogens with one attached hydrogen (secondary N) is 1. The average Bonchev–Trinajstić information content (AvgIpc) is 2.82. The van der Waals surface area contributed by atoms with E-state index >= 15 is 0 Å². The average molecular weight is 515 g/mol. The lowest BCUT2D eigenvalue weighted by Gasteiger charge is -2.12. The maximum Gasteiger partial charge on any atom is 0.259 e. The van der Waals surface area contributed by atoms with Gasteiger partial charge in [-0.1, -0.05) is 59.1 Å². The molecule has 0 spiro atoms. The Kier molecular flexibility index (Phi) is 7.22. The van der Waals surface area contributed by atoms with Gasteiger partial charge in [-0.2, -0.15) is 0 Å². The third-order valence-electron chi connectivity index (χ3n) is 4.91. The first-order valence-electron chi connectivity index (χ1n) is 10.2. The molecule has 9 heteroatoms. The molecular formula is C25H18Cl3N3O3. The van der Waals surface area contributed by atoms with Gasteiger partial charge in [0.05, 0.1) is 27.2 Å². The molecule has 0 bridgehead atoms. The van der Waals surface area contributed by atoms with Crippen molar-refractivity contribution in [2.24, 2.45) is 10.2 Å². The topological polar surface area (TPSA) is 83.3 Å². The Morgan fingerprint density at radius 3 is 2.38 bits per heavy atom. The van der Waals surface area contributed by atoms with Gasteiger partial charge >= 0.3 is 0 Å². The van der Waals surface area contributed by atoms with Crippen molar-refractivity contribution in [3.8, 4) is 11.5 Å². The van der Waals surface area contributed by atoms with Crippen molar-refractivity contribution in [1.82, 2.24) is 0 Å². The van der Waals surface area contributed by atoms with Crippen LogP contribution >= 0.6 is 34.8 Å². The predicted molar refractivity (Wildman–Crippen MR) is 137 cm³/mol. The van der Waals surface area contributed by atoms with Crippen molar-refractivity contribution in [1.29, 1.82) is 0 Å². The number of hydrogen-bond acceptors (Lipinski definition) is 5. The lowest BCUT2D eigenvalue weighted by atomic mass is 10.0. The van der Waals surface area contributed by atoms with E-state index in [-0.39, 0.29) is 37.8 Å². The van der Waals surface area contributed by atoms with Gasteiger partial charge in [0.2, 0.25) is 0 Å². The van der Waals surface area contributed by atoms with Gasteiger partial charge in [0.1, 0.15) is 17.1 Å². The van der Waals surface area contributed by atoms with E-state index in [1.54, 1.807) is 42.5 Å². The molecule has 0 atom stereocenters. The van der Waals surface area contributed by atoms with Crippen LogP contribution in [0.2, 0.25) is 15.1 Å². The van der Waals surface area contributed by atoms with Crippen LogP contribution in [0.1, 0.15) is 17.3 Å². The standard InChI is InChI=1S/C25H18Cl3N3O3/c1-2-34-16-9-7-15(8-10-16)29-25(33)18-11-14-5-3-4-6-17(14)23(24(18)32)31-30-22-13-20(27)19(26)12-21(22)28/h3-13,32H,2H2,1H3,(H,29,33). The summed E-state index contributed by atoms with van der Waals surface area (Å²) in [7, 11) is 0. The summed E-state index contributed by atoms with van der Waals surface area (Å²) in [6, 6.07) is 18.7. The van der Waals surface area contributed by atoms with E-state index < -0.39 is 5.91 Å². The normalized spacial score (nSPS) is 11.2. The van der Waals surface area contributed by atoms with Crippen LogP contribution in [0.5, 0.6) is 11.5 Å². The molecule has 0 aromatic heterocycles. The summed E-state index contributed by atoms with van der Waals surface area (Å²) in [5, 5.41) is 24.2. The highest BCUT2D eigenvalue weighted by molar-refractivity contribution is 6.43. The molecule has 4 aromatic rings. The van der Waals surface area contributed by atoms with Gasteiger partial charge in [0, 0.05) is 11.1 Å². The van der Waals surface area contributed by atoms with E-state index in [0.29, 0.717) is 28.8 Å². The number of nitrogens with zero attached hydrogens (tertiary/aromatic N) is 2. The first-order chi connectivity index (χ1) is 16.4. The third kappa shape index (κ3) is 5.09. The molecule has 0 aliphatic heterocycles. The summed E-state index contributed by atoms with van der Waals surface area (Å²) in [5.41, 5.74) is 0.981. The fraction of sp³-hybridized carbons (Fsp3) is 0.0800. The number of benzene rings is 4. The number of phenolic OH excluding ortho intramolecular Hbond substituents is 1. The van der Waals surface area contributed by atoms with Crippen LogP contribution in [0, 0.1) is 0 Å². The molecule has 0 radical (unpaired) electrons. The summed E-state index contributed by atoms with van der Waals surface area (Å²) >= 11 is 18.2. The molecule has 0 aliphatic carbocycles. The van der Waals surface area contributed by atoms with Crippen LogP contribution in [-0.2, 0) is 0 Å². The number of ether oxygens (including phenoxy) is 1. The van der Waals surface area contributed by atoms with Crippen LogP contribution in [0.15, 0.2) is 77.0 Å². The van der Waals surface area contributed by atoms with Crippen molar-refractivity contribution >= 4 is 68.5 Å². The summed E-state index contributed by atoms with van der Waals surface area (Å²) in [6.07, 6.45) is 0. The summed E-state index contributed by atoms with van der Waals surface area (Å²) in [5.74, 6) is -0.129. The lowest BCUT2D eigenvalue weighted by Crippen LogP contribution is -2.12. The highest BCUT2D eigenvalue weighted by Gasteiger charge is 2.19. The molecule has 4 rings (SSSR count). The summed E-state index contributed by atoms with van der Waals surface area (Å²) < 4.78 is 5.42. The minimum atomic E-state index is -0.503. The van der Waals surface area contributed by atoms with Gasteiger partial charge < -0.3 is 15.2 Å². The molecular weight excluding hydrogens is 497 g/mol. The SMILES string of the molecule is CCOc1ccc(NC(=O)c2cc3ccccc3c(N=Nc3cc(Cl)c(Cl)cc3Cl)c2O)cc1. The number of carbonyl (C=O) groups is 1. The monoisotopic (exact) mass is 513 g/mol. The van der Waals surface area contributed by atoms with Crippen molar-refractivity contribution in [2.45, 2.75) is 6.92 Å². The highest BCUT2D eigenvalue weighted by atomic mass is 35.5. The molecule has 0 saturated heterocycles. The van der Waals surface area contributed by atoms with Gasteiger partial charge in [0.25, 0.3) is 5.91 Å². The number of amides is 1.